The van der Waals surface area contributed by atoms with E-state index in [1.807, 2.05) is 49.4 Å². The molecule has 0 spiro atoms. The number of aromatic amines is 1. The maximum atomic E-state index is 12.8. The molecule has 0 saturated heterocycles. The lowest BCUT2D eigenvalue weighted by Gasteiger charge is -2.08. The van der Waals surface area contributed by atoms with Gasteiger partial charge in [-0.15, -0.1) is 0 Å². The highest BCUT2D eigenvalue weighted by Crippen LogP contribution is 2.25. The predicted octanol–water partition coefficient (Wildman–Crippen LogP) is 5.18. The molecule has 1 heterocycles. The summed E-state index contributed by atoms with van der Waals surface area (Å²) in [5.41, 5.74) is 5.43. The van der Waals surface area contributed by atoms with Crippen LogP contribution in [0.5, 0.6) is 0 Å². The fraction of sp³-hybridized carbons (Fsp3) is 0.130. The van der Waals surface area contributed by atoms with Gasteiger partial charge >= 0.3 is 0 Å². The molecule has 0 bridgehead atoms. The lowest BCUT2D eigenvalue weighted by atomic mass is 9.96. The highest BCUT2D eigenvalue weighted by atomic mass is 16.6. The molecular weight excluding hydrogens is 366 g/mol. The van der Waals surface area contributed by atoms with Gasteiger partial charge in [0.1, 0.15) is 5.82 Å². The number of hydrogen-bond donors (Lipinski definition) is 1. The number of carbonyl (C=O) groups is 1. The Labute approximate surface area is 167 Å². The van der Waals surface area contributed by atoms with E-state index in [-0.39, 0.29) is 17.9 Å². The number of Topliss-reactive ketones (excluding diaryl/α,β-unsaturated/α-hetero) is 1. The number of H-pyrrole nitrogens is 1. The number of fused-ring (bicyclic) bond motifs is 1. The number of nitro groups is 1. The summed E-state index contributed by atoms with van der Waals surface area (Å²) >= 11 is 0. The van der Waals surface area contributed by atoms with Crippen LogP contribution in [0.4, 0.5) is 5.69 Å². The van der Waals surface area contributed by atoms with Crippen molar-refractivity contribution >= 4 is 22.5 Å². The fourth-order valence-corrected chi connectivity index (χ4v) is 3.35. The van der Waals surface area contributed by atoms with Crippen LogP contribution in [-0.2, 0) is 6.42 Å². The molecule has 1 aromatic heterocycles. The molecule has 3 aromatic carbocycles. The zero-order valence-electron chi connectivity index (χ0n) is 16.1. The van der Waals surface area contributed by atoms with Crippen molar-refractivity contribution in [2.24, 2.45) is 0 Å². The normalized spacial score (nSPS) is 11.0. The fourth-order valence-electron chi connectivity index (χ4n) is 3.35. The Kier molecular flexibility index (Phi) is 4.68. The quantitative estimate of drug-likeness (QED) is 0.291. The Morgan fingerprint density at radius 3 is 2.55 bits per heavy atom. The van der Waals surface area contributed by atoms with Crippen molar-refractivity contribution in [3.8, 4) is 11.4 Å². The third-order valence-corrected chi connectivity index (χ3v) is 5.09. The van der Waals surface area contributed by atoms with Crippen LogP contribution < -0.4 is 0 Å². The van der Waals surface area contributed by atoms with Crippen molar-refractivity contribution < 1.29 is 9.72 Å². The van der Waals surface area contributed by atoms with Gasteiger partial charge in [-0.2, -0.15) is 0 Å². The van der Waals surface area contributed by atoms with E-state index in [1.54, 1.807) is 19.1 Å². The molecule has 29 heavy (non-hydrogen) atoms. The van der Waals surface area contributed by atoms with E-state index in [9.17, 15) is 14.9 Å². The minimum Gasteiger partial charge on any atom is -0.338 e. The SMILES string of the molecule is Cc1ccc(-c2nc3ccccc3[nH]2)cc1CC(=O)c1ccc(C)c([N+](=O)[O-])c1. The number of ketones is 1. The van der Waals surface area contributed by atoms with E-state index in [0.29, 0.717) is 11.1 Å². The monoisotopic (exact) mass is 385 g/mol. The smallest absolute Gasteiger partial charge is 0.273 e. The second kappa shape index (κ2) is 7.31. The molecule has 1 N–H and O–H groups in total. The Morgan fingerprint density at radius 1 is 1.03 bits per heavy atom. The maximum absolute atomic E-state index is 12.8. The first kappa shape index (κ1) is 18.6. The van der Waals surface area contributed by atoms with Gasteiger partial charge in [-0.25, -0.2) is 4.98 Å². The van der Waals surface area contributed by atoms with Crippen molar-refractivity contribution in [2.75, 3.05) is 0 Å². The Hall–Kier alpha value is -3.80. The molecule has 4 rings (SSSR count). The largest absolute Gasteiger partial charge is 0.338 e. The predicted molar refractivity (Wildman–Crippen MR) is 112 cm³/mol. The molecule has 0 atom stereocenters. The number of nitrogens with zero attached hydrogens (tertiary/aromatic N) is 2. The summed E-state index contributed by atoms with van der Waals surface area (Å²) in [5.74, 6) is 0.587. The molecule has 0 saturated carbocycles. The first-order chi connectivity index (χ1) is 13.9. The first-order valence-corrected chi connectivity index (χ1v) is 9.25. The maximum Gasteiger partial charge on any atom is 0.273 e. The van der Waals surface area contributed by atoms with Crippen LogP contribution in [0, 0.1) is 24.0 Å². The first-order valence-electron chi connectivity index (χ1n) is 9.25. The summed E-state index contributed by atoms with van der Waals surface area (Å²) in [4.78, 5) is 31.4. The van der Waals surface area contributed by atoms with E-state index in [4.69, 9.17) is 0 Å². The van der Waals surface area contributed by atoms with Crippen molar-refractivity contribution in [3.05, 3.63) is 93.0 Å². The van der Waals surface area contributed by atoms with Crippen LogP contribution in [-0.4, -0.2) is 20.7 Å². The summed E-state index contributed by atoms with van der Waals surface area (Å²) in [7, 11) is 0. The molecule has 6 heteroatoms. The molecule has 144 valence electrons. The topological polar surface area (TPSA) is 88.9 Å². The zero-order chi connectivity index (χ0) is 20.5. The summed E-state index contributed by atoms with van der Waals surface area (Å²) in [6.07, 6.45) is 0.167. The number of nitro benzene ring substituents is 1. The molecule has 0 aliphatic carbocycles. The highest BCUT2D eigenvalue weighted by Gasteiger charge is 2.16. The third kappa shape index (κ3) is 3.65. The van der Waals surface area contributed by atoms with Gasteiger partial charge in [0.15, 0.2) is 5.78 Å². The van der Waals surface area contributed by atoms with E-state index in [1.165, 1.54) is 6.07 Å². The average Bonchev–Trinajstić information content (AvgIpc) is 3.14. The summed E-state index contributed by atoms with van der Waals surface area (Å²) in [6, 6.07) is 18.3. The Bertz CT molecular complexity index is 1220. The minimum atomic E-state index is -0.459. The van der Waals surface area contributed by atoms with Crippen LogP contribution in [0.1, 0.15) is 27.0 Å². The van der Waals surface area contributed by atoms with Crippen LogP contribution in [0.25, 0.3) is 22.4 Å². The van der Waals surface area contributed by atoms with Gasteiger partial charge in [-0.05, 0) is 43.2 Å². The molecule has 6 nitrogen and oxygen atoms in total. The van der Waals surface area contributed by atoms with E-state index >= 15 is 0 Å². The molecule has 0 radical (unpaired) electrons. The lowest BCUT2D eigenvalue weighted by molar-refractivity contribution is -0.385. The lowest BCUT2D eigenvalue weighted by Crippen LogP contribution is -2.06. The molecule has 4 aromatic rings. The van der Waals surface area contributed by atoms with Gasteiger partial charge in [0.25, 0.3) is 5.69 Å². The third-order valence-electron chi connectivity index (χ3n) is 5.09. The van der Waals surface area contributed by atoms with Crippen LogP contribution >= 0.6 is 0 Å². The number of aromatic nitrogens is 2. The summed E-state index contributed by atoms with van der Waals surface area (Å²) < 4.78 is 0. The van der Waals surface area contributed by atoms with Crippen LogP contribution in [0.2, 0.25) is 0 Å². The molecular formula is C23H19N3O3. The van der Waals surface area contributed by atoms with Gasteiger partial charge in [-0.1, -0.05) is 36.4 Å². The van der Waals surface area contributed by atoms with Gasteiger partial charge in [0, 0.05) is 29.2 Å². The number of carbonyl (C=O) groups excluding carboxylic acids is 1. The summed E-state index contributed by atoms with van der Waals surface area (Å²) in [6.45, 7) is 3.61. The molecule has 0 aliphatic heterocycles. The highest BCUT2D eigenvalue weighted by molar-refractivity contribution is 5.98. The summed E-state index contributed by atoms with van der Waals surface area (Å²) in [5, 5.41) is 11.2. The average molecular weight is 385 g/mol. The van der Waals surface area contributed by atoms with Crippen molar-refractivity contribution in [1.29, 1.82) is 0 Å². The number of imidazole rings is 1. The number of para-hydroxylation sites is 2. The standard InChI is InChI=1S/C23H19N3O3/c1-14-7-10-17(23-24-19-5-3-4-6-20(19)25-23)11-18(14)13-22(27)16-9-8-15(2)21(12-16)26(28)29/h3-12H,13H2,1-2H3,(H,24,25). The van der Waals surface area contributed by atoms with Crippen LogP contribution in [0.15, 0.2) is 60.7 Å². The van der Waals surface area contributed by atoms with Crippen LogP contribution in [0.3, 0.4) is 0 Å². The van der Waals surface area contributed by atoms with E-state index in [0.717, 1.165) is 33.5 Å². The number of benzene rings is 3. The van der Waals surface area contributed by atoms with Crippen molar-refractivity contribution in [1.82, 2.24) is 9.97 Å². The second-order valence-electron chi connectivity index (χ2n) is 7.10. The number of nitrogens with one attached hydrogen (secondary N) is 1. The second-order valence-corrected chi connectivity index (χ2v) is 7.10. The number of rotatable bonds is 5. The molecule has 0 amide bonds. The van der Waals surface area contributed by atoms with Gasteiger partial charge < -0.3 is 4.98 Å². The zero-order valence-corrected chi connectivity index (χ0v) is 16.1. The van der Waals surface area contributed by atoms with Crippen molar-refractivity contribution in [2.45, 2.75) is 20.3 Å². The van der Waals surface area contributed by atoms with Crippen molar-refractivity contribution in [3.63, 3.8) is 0 Å². The number of aryl methyl sites for hydroxylation is 2. The minimum absolute atomic E-state index is 0.0383. The van der Waals surface area contributed by atoms with E-state index < -0.39 is 4.92 Å². The van der Waals surface area contributed by atoms with Gasteiger partial charge in [-0.3, -0.25) is 14.9 Å². The molecule has 0 unspecified atom stereocenters. The Balaban J connectivity index is 1.65. The Morgan fingerprint density at radius 2 is 1.79 bits per heavy atom. The number of hydrogen-bond acceptors (Lipinski definition) is 4. The van der Waals surface area contributed by atoms with E-state index in [2.05, 4.69) is 9.97 Å². The molecule has 0 aliphatic rings. The van der Waals surface area contributed by atoms with Gasteiger partial charge in [0.05, 0.1) is 16.0 Å². The van der Waals surface area contributed by atoms with Gasteiger partial charge in [0.2, 0.25) is 0 Å². The molecule has 0 fully saturated rings.